The van der Waals surface area contributed by atoms with Crippen LogP contribution in [0.2, 0.25) is 0 Å². The molecule has 7 heteroatoms. The summed E-state index contributed by atoms with van der Waals surface area (Å²) in [6, 6.07) is 16.0. The Kier molecular flexibility index (Phi) is 9.94. The smallest absolute Gasteiger partial charge is 0.305 e. The fourth-order valence-corrected chi connectivity index (χ4v) is 3.27. The van der Waals surface area contributed by atoms with E-state index >= 15 is 0 Å². The molecule has 2 rings (SSSR count). The molecule has 0 heterocycles. The van der Waals surface area contributed by atoms with Crippen molar-refractivity contribution in [1.82, 2.24) is 5.32 Å². The topological polar surface area (TPSA) is 59.6 Å². The van der Waals surface area contributed by atoms with Crippen LogP contribution in [0.1, 0.15) is 32.3 Å². The molecule has 0 amide bonds. The van der Waals surface area contributed by atoms with Crippen molar-refractivity contribution in [1.29, 1.82) is 0 Å². The third kappa shape index (κ3) is 9.28. The van der Waals surface area contributed by atoms with Crippen LogP contribution in [-0.4, -0.2) is 30.3 Å². The molecule has 0 spiro atoms. The molecule has 0 aliphatic carbocycles. The maximum atomic E-state index is 11.3. The third-order valence-electron chi connectivity index (χ3n) is 4.04. The van der Waals surface area contributed by atoms with Gasteiger partial charge in [-0.1, -0.05) is 28.1 Å². The number of rotatable bonds is 10. The van der Waals surface area contributed by atoms with Crippen LogP contribution in [0.4, 0.5) is 5.69 Å². The van der Waals surface area contributed by atoms with Crippen molar-refractivity contribution < 1.29 is 14.3 Å². The van der Waals surface area contributed by atoms with E-state index in [0.717, 1.165) is 22.3 Å². The van der Waals surface area contributed by atoms with Gasteiger partial charge in [0.25, 0.3) is 0 Å². The number of esters is 1. The molecule has 29 heavy (non-hydrogen) atoms. The van der Waals surface area contributed by atoms with E-state index in [1.54, 1.807) is 6.92 Å². The first-order valence-corrected chi connectivity index (χ1v) is 10.9. The van der Waals surface area contributed by atoms with Gasteiger partial charge < -0.3 is 20.1 Å². The zero-order chi connectivity index (χ0) is 21.1. The van der Waals surface area contributed by atoms with Gasteiger partial charge in [-0.3, -0.25) is 4.79 Å². The predicted octanol–water partition coefficient (Wildman–Crippen LogP) is 5.09. The highest BCUT2D eigenvalue weighted by molar-refractivity contribution is 9.10. The molecule has 0 aromatic heterocycles. The second-order valence-corrected chi connectivity index (χ2v) is 7.94. The molecule has 0 saturated carbocycles. The SMILES string of the molecule is CCOC(=O)CCCOc1ccc(CC(C)NC(=S)Nc2ccc(Br)cc2)cc1. The standard InChI is InChI=1S/C22H27BrN2O3S/c1-3-27-21(26)5-4-14-28-20-12-6-17(7-13-20)15-16(2)24-22(29)25-19-10-8-18(23)9-11-19/h6-13,16H,3-5,14-15H2,1-2H3,(H2,24,25,29). The van der Waals surface area contributed by atoms with Crippen LogP contribution >= 0.6 is 28.1 Å². The Morgan fingerprint density at radius 3 is 2.48 bits per heavy atom. The van der Waals surface area contributed by atoms with E-state index in [9.17, 15) is 4.79 Å². The molecule has 0 aliphatic rings. The van der Waals surface area contributed by atoms with Crippen molar-refractivity contribution in [2.75, 3.05) is 18.5 Å². The second kappa shape index (κ2) is 12.4. The van der Waals surface area contributed by atoms with Crippen LogP contribution in [0, 0.1) is 0 Å². The highest BCUT2D eigenvalue weighted by atomic mass is 79.9. The van der Waals surface area contributed by atoms with Gasteiger partial charge in [0.1, 0.15) is 5.75 Å². The summed E-state index contributed by atoms with van der Waals surface area (Å²) in [5, 5.41) is 7.09. The van der Waals surface area contributed by atoms with Crippen LogP contribution in [-0.2, 0) is 16.0 Å². The fraction of sp³-hybridized carbons (Fsp3) is 0.364. The molecule has 1 atom stereocenters. The minimum Gasteiger partial charge on any atom is -0.494 e. The summed E-state index contributed by atoms with van der Waals surface area (Å²) in [7, 11) is 0. The number of ether oxygens (including phenoxy) is 2. The lowest BCUT2D eigenvalue weighted by Gasteiger charge is -2.17. The number of anilines is 1. The van der Waals surface area contributed by atoms with Crippen LogP contribution < -0.4 is 15.4 Å². The first kappa shape index (κ1) is 23.2. The maximum absolute atomic E-state index is 11.3. The van der Waals surface area contributed by atoms with Gasteiger partial charge in [-0.05, 0) is 80.9 Å². The number of carbonyl (C=O) groups excluding carboxylic acids is 1. The summed E-state index contributed by atoms with van der Waals surface area (Å²) < 4.78 is 11.6. The molecule has 0 saturated heterocycles. The lowest BCUT2D eigenvalue weighted by Crippen LogP contribution is -2.37. The van der Waals surface area contributed by atoms with E-state index in [-0.39, 0.29) is 12.0 Å². The molecule has 2 N–H and O–H groups in total. The van der Waals surface area contributed by atoms with Crippen molar-refractivity contribution in [2.45, 2.75) is 39.2 Å². The lowest BCUT2D eigenvalue weighted by molar-refractivity contribution is -0.143. The molecule has 2 aromatic rings. The summed E-state index contributed by atoms with van der Waals surface area (Å²) in [5.74, 6) is 0.617. The summed E-state index contributed by atoms with van der Waals surface area (Å²) in [6.07, 6.45) is 1.86. The highest BCUT2D eigenvalue weighted by Gasteiger charge is 2.07. The average Bonchev–Trinajstić information content (AvgIpc) is 2.68. The van der Waals surface area contributed by atoms with Gasteiger partial charge in [0.05, 0.1) is 13.2 Å². The Morgan fingerprint density at radius 2 is 1.83 bits per heavy atom. The molecule has 0 fully saturated rings. The number of hydrogen-bond acceptors (Lipinski definition) is 4. The summed E-state index contributed by atoms with van der Waals surface area (Å²) >= 11 is 8.81. The molecule has 2 aromatic carbocycles. The Hall–Kier alpha value is -2.12. The Balaban J connectivity index is 1.70. The van der Waals surface area contributed by atoms with Crippen LogP contribution in [0.15, 0.2) is 53.0 Å². The van der Waals surface area contributed by atoms with E-state index in [0.29, 0.717) is 31.2 Å². The number of benzene rings is 2. The van der Waals surface area contributed by atoms with Gasteiger partial charge in [-0.2, -0.15) is 0 Å². The van der Waals surface area contributed by atoms with Gasteiger partial charge in [0, 0.05) is 22.6 Å². The van der Waals surface area contributed by atoms with Gasteiger partial charge in [0.2, 0.25) is 0 Å². The van der Waals surface area contributed by atoms with Crippen LogP contribution in [0.3, 0.4) is 0 Å². The third-order valence-corrected chi connectivity index (χ3v) is 4.79. The first-order chi connectivity index (χ1) is 14.0. The summed E-state index contributed by atoms with van der Waals surface area (Å²) in [6.45, 7) is 4.81. The molecular weight excluding hydrogens is 452 g/mol. The van der Waals surface area contributed by atoms with Crippen molar-refractivity contribution in [3.63, 3.8) is 0 Å². The Bertz CT molecular complexity index is 782. The van der Waals surface area contributed by atoms with E-state index < -0.39 is 0 Å². The van der Waals surface area contributed by atoms with Gasteiger partial charge >= 0.3 is 5.97 Å². The molecule has 0 aliphatic heterocycles. The second-order valence-electron chi connectivity index (χ2n) is 6.61. The first-order valence-electron chi connectivity index (χ1n) is 9.66. The zero-order valence-electron chi connectivity index (χ0n) is 16.7. The van der Waals surface area contributed by atoms with Crippen molar-refractivity contribution in [3.05, 3.63) is 58.6 Å². The van der Waals surface area contributed by atoms with E-state index in [1.165, 1.54) is 5.56 Å². The van der Waals surface area contributed by atoms with Gasteiger partial charge in [-0.15, -0.1) is 0 Å². The number of halogens is 1. The number of nitrogens with one attached hydrogen (secondary N) is 2. The van der Waals surface area contributed by atoms with Crippen molar-refractivity contribution in [2.24, 2.45) is 0 Å². The molecule has 1 unspecified atom stereocenters. The summed E-state index contributed by atoms with van der Waals surface area (Å²) in [5.41, 5.74) is 2.14. The Labute approximate surface area is 186 Å². The Morgan fingerprint density at radius 1 is 1.14 bits per heavy atom. The largest absolute Gasteiger partial charge is 0.494 e. The minimum absolute atomic E-state index is 0.180. The van der Waals surface area contributed by atoms with E-state index in [2.05, 4.69) is 33.5 Å². The fourth-order valence-electron chi connectivity index (χ4n) is 2.69. The molecular formula is C22H27BrN2O3S. The van der Waals surface area contributed by atoms with Crippen molar-refractivity contribution >= 4 is 44.9 Å². The predicted molar refractivity (Wildman–Crippen MR) is 124 cm³/mol. The lowest BCUT2D eigenvalue weighted by atomic mass is 10.1. The highest BCUT2D eigenvalue weighted by Crippen LogP contribution is 2.15. The number of thiocarbonyl (C=S) groups is 1. The quantitative estimate of drug-likeness (QED) is 0.281. The monoisotopic (exact) mass is 478 g/mol. The average molecular weight is 479 g/mol. The minimum atomic E-state index is -0.180. The number of hydrogen-bond donors (Lipinski definition) is 2. The molecule has 156 valence electrons. The molecule has 5 nitrogen and oxygen atoms in total. The van der Waals surface area contributed by atoms with Gasteiger partial charge in [-0.25, -0.2) is 0 Å². The van der Waals surface area contributed by atoms with Gasteiger partial charge in [0.15, 0.2) is 5.11 Å². The number of carbonyl (C=O) groups is 1. The summed E-state index contributed by atoms with van der Waals surface area (Å²) in [4.78, 5) is 11.3. The maximum Gasteiger partial charge on any atom is 0.305 e. The molecule has 0 bridgehead atoms. The van der Waals surface area contributed by atoms with E-state index in [1.807, 2.05) is 48.5 Å². The van der Waals surface area contributed by atoms with E-state index in [4.69, 9.17) is 21.7 Å². The van der Waals surface area contributed by atoms with Crippen LogP contribution in [0.25, 0.3) is 0 Å². The van der Waals surface area contributed by atoms with Crippen LogP contribution in [0.5, 0.6) is 5.75 Å². The molecule has 0 radical (unpaired) electrons. The van der Waals surface area contributed by atoms with Crippen molar-refractivity contribution in [3.8, 4) is 5.75 Å². The zero-order valence-corrected chi connectivity index (χ0v) is 19.1. The normalized spacial score (nSPS) is 11.4.